The van der Waals surface area contributed by atoms with Crippen molar-refractivity contribution in [3.63, 3.8) is 0 Å². The summed E-state index contributed by atoms with van der Waals surface area (Å²) in [6, 6.07) is 30.8. The number of alkyl halides is 3. The zero-order valence-corrected chi connectivity index (χ0v) is 20.9. The number of allylic oxidation sites excluding steroid dienone is 1. The first-order chi connectivity index (χ1) is 18.7. The van der Waals surface area contributed by atoms with Gasteiger partial charge in [-0.05, 0) is 87.1 Å². The molecular weight excluding hydrogens is 493 g/mol. The van der Waals surface area contributed by atoms with Gasteiger partial charge in [0.25, 0.3) is 0 Å². The van der Waals surface area contributed by atoms with Gasteiger partial charge in [-0.2, -0.15) is 18.4 Å². The van der Waals surface area contributed by atoms with E-state index >= 15 is 0 Å². The van der Waals surface area contributed by atoms with Crippen molar-refractivity contribution in [1.29, 1.82) is 5.26 Å². The Morgan fingerprint density at radius 1 is 0.718 bits per heavy atom. The second-order valence-corrected chi connectivity index (χ2v) is 9.32. The molecule has 39 heavy (non-hydrogen) atoms. The molecule has 5 heteroatoms. The molecule has 0 bridgehead atoms. The molecule has 5 aromatic carbocycles. The maximum atomic E-state index is 12.9. The molecule has 0 N–H and O–H groups in total. The molecule has 0 amide bonds. The molecule has 0 unspecified atom stereocenters. The largest absolute Gasteiger partial charge is 0.416 e. The van der Waals surface area contributed by atoms with Crippen LogP contribution in [0.25, 0.3) is 49.8 Å². The lowest BCUT2D eigenvalue weighted by Gasteiger charge is -2.08. The molecule has 0 aliphatic rings. The van der Waals surface area contributed by atoms with Crippen LogP contribution in [0.3, 0.4) is 0 Å². The van der Waals surface area contributed by atoms with E-state index in [0.29, 0.717) is 11.1 Å². The normalized spacial score (nSPS) is 12.4. The first-order valence-corrected chi connectivity index (χ1v) is 12.2. The van der Waals surface area contributed by atoms with Crippen LogP contribution in [0.15, 0.2) is 97.1 Å². The Labute approximate surface area is 224 Å². The Morgan fingerprint density at radius 3 is 1.77 bits per heavy atom. The predicted octanol–water partition coefficient (Wildman–Crippen LogP) is 9.80. The van der Waals surface area contributed by atoms with Gasteiger partial charge < -0.3 is 0 Å². The van der Waals surface area contributed by atoms with Crippen LogP contribution in [0.5, 0.6) is 0 Å². The van der Waals surface area contributed by atoms with Gasteiger partial charge in [-0.3, -0.25) is 0 Å². The lowest BCUT2D eigenvalue weighted by Crippen LogP contribution is -2.04. The smallest absolute Gasteiger partial charge is 0.238 e. The van der Waals surface area contributed by atoms with Gasteiger partial charge in [0.15, 0.2) is 5.70 Å². The molecule has 0 fully saturated rings. The van der Waals surface area contributed by atoms with E-state index in [0.717, 1.165) is 55.9 Å². The number of hydrogen-bond acceptors (Lipinski definition) is 1. The molecule has 0 aromatic heterocycles. The molecule has 5 aromatic rings. The molecule has 0 aliphatic carbocycles. The number of fused-ring (bicyclic) bond motifs is 2. The minimum atomic E-state index is -4.42. The van der Waals surface area contributed by atoms with Crippen molar-refractivity contribution in [2.75, 3.05) is 0 Å². The summed E-state index contributed by atoms with van der Waals surface area (Å²) in [4.78, 5) is 3.54. The molecule has 5 rings (SSSR count). The van der Waals surface area contributed by atoms with E-state index in [1.54, 1.807) is 6.08 Å². The maximum Gasteiger partial charge on any atom is 0.416 e. The highest BCUT2D eigenvalue weighted by Crippen LogP contribution is 2.31. The third kappa shape index (κ3) is 5.59. The molecule has 0 aliphatic heterocycles. The minimum Gasteiger partial charge on any atom is -0.238 e. The van der Waals surface area contributed by atoms with Gasteiger partial charge in [0.2, 0.25) is 0 Å². The van der Waals surface area contributed by atoms with Crippen molar-refractivity contribution in [3.05, 3.63) is 142 Å². The highest BCUT2D eigenvalue weighted by atomic mass is 19.4. The number of nitrogens with zero attached hydrogens (tertiary/aromatic N) is 2. The van der Waals surface area contributed by atoms with E-state index in [4.69, 9.17) is 6.57 Å². The Morgan fingerprint density at radius 2 is 1.26 bits per heavy atom. The van der Waals surface area contributed by atoms with E-state index in [1.807, 2.05) is 67.6 Å². The quantitative estimate of drug-likeness (QED) is 0.102. The van der Waals surface area contributed by atoms with Crippen LogP contribution in [0.2, 0.25) is 0 Å². The summed E-state index contributed by atoms with van der Waals surface area (Å²) in [5, 5.41) is 13.8. The van der Waals surface area contributed by atoms with Crippen molar-refractivity contribution in [3.8, 4) is 6.07 Å². The van der Waals surface area contributed by atoms with Gasteiger partial charge >= 0.3 is 6.18 Å². The van der Waals surface area contributed by atoms with Crippen molar-refractivity contribution in [2.45, 2.75) is 13.1 Å². The SMILES string of the molecule is [C-]#[N+]/C(=C\c1ccc2cc3cc(/C=C(\C#N)c4ccc(C)cc4)ccc3cc2c1)c1ccc(C(F)(F)F)cc1. The van der Waals surface area contributed by atoms with Gasteiger partial charge in [-0.1, -0.05) is 78.4 Å². The molecule has 0 radical (unpaired) electrons. The zero-order chi connectivity index (χ0) is 27.6. The highest BCUT2D eigenvalue weighted by molar-refractivity contribution is 6.01. The Balaban J connectivity index is 1.47. The number of aryl methyl sites for hydroxylation is 1. The Kier molecular flexibility index (Phi) is 6.75. The minimum absolute atomic E-state index is 0.266. The first kappa shape index (κ1) is 25.5. The molecule has 0 saturated carbocycles. The van der Waals surface area contributed by atoms with Crippen LogP contribution in [0.4, 0.5) is 13.2 Å². The summed E-state index contributed by atoms with van der Waals surface area (Å²) in [5.41, 5.74) is 4.26. The van der Waals surface area contributed by atoms with Gasteiger partial charge in [0.05, 0.1) is 23.8 Å². The fourth-order valence-corrected chi connectivity index (χ4v) is 4.46. The highest BCUT2D eigenvalue weighted by Gasteiger charge is 2.30. The second kappa shape index (κ2) is 10.3. The Hall–Kier alpha value is -5.13. The summed E-state index contributed by atoms with van der Waals surface area (Å²) in [5.74, 6) is 0. The summed E-state index contributed by atoms with van der Waals surface area (Å²) in [7, 11) is 0. The molecule has 0 heterocycles. The zero-order valence-electron chi connectivity index (χ0n) is 20.9. The number of nitriles is 1. The molecular formula is C34H21F3N2. The monoisotopic (exact) mass is 514 g/mol. The molecule has 0 saturated heterocycles. The number of hydrogen-bond donors (Lipinski definition) is 0. The summed E-state index contributed by atoms with van der Waals surface area (Å²) in [6.07, 6.45) is -0.852. The van der Waals surface area contributed by atoms with Gasteiger partial charge in [-0.25, -0.2) is 4.85 Å². The van der Waals surface area contributed by atoms with E-state index in [2.05, 4.69) is 29.1 Å². The topological polar surface area (TPSA) is 28.1 Å². The van der Waals surface area contributed by atoms with Crippen molar-refractivity contribution >= 4 is 45.0 Å². The van der Waals surface area contributed by atoms with E-state index in [-0.39, 0.29) is 5.70 Å². The van der Waals surface area contributed by atoms with Crippen LogP contribution in [-0.2, 0) is 6.18 Å². The van der Waals surface area contributed by atoms with Crippen molar-refractivity contribution in [2.24, 2.45) is 0 Å². The summed E-state index contributed by atoms with van der Waals surface area (Å²) in [6.45, 7) is 9.56. The number of benzene rings is 5. The lowest BCUT2D eigenvalue weighted by molar-refractivity contribution is -0.137. The first-order valence-electron chi connectivity index (χ1n) is 12.2. The lowest BCUT2D eigenvalue weighted by atomic mass is 9.98. The predicted molar refractivity (Wildman–Crippen MR) is 152 cm³/mol. The average Bonchev–Trinajstić information content (AvgIpc) is 2.93. The van der Waals surface area contributed by atoms with Gasteiger partial charge in [0, 0.05) is 0 Å². The molecule has 0 atom stereocenters. The van der Waals surface area contributed by atoms with Crippen LogP contribution in [0.1, 0.15) is 33.4 Å². The number of halogens is 3. The average molecular weight is 515 g/mol. The summed E-state index contributed by atoms with van der Waals surface area (Å²) < 4.78 is 38.7. The van der Waals surface area contributed by atoms with E-state index < -0.39 is 11.7 Å². The summed E-state index contributed by atoms with van der Waals surface area (Å²) >= 11 is 0. The van der Waals surface area contributed by atoms with E-state index in [9.17, 15) is 18.4 Å². The molecule has 2 nitrogen and oxygen atoms in total. The van der Waals surface area contributed by atoms with Crippen LogP contribution in [0, 0.1) is 24.8 Å². The van der Waals surface area contributed by atoms with Gasteiger partial charge in [0.1, 0.15) is 0 Å². The van der Waals surface area contributed by atoms with Crippen molar-refractivity contribution in [1.82, 2.24) is 0 Å². The van der Waals surface area contributed by atoms with E-state index in [1.165, 1.54) is 12.1 Å². The maximum absolute atomic E-state index is 12.9. The molecule has 0 spiro atoms. The van der Waals surface area contributed by atoms with Gasteiger partial charge in [-0.15, -0.1) is 0 Å². The fraction of sp³-hybridized carbons (Fsp3) is 0.0588. The third-order valence-corrected chi connectivity index (χ3v) is 6.57. The Bertz CT molecular complexity index is 1850. The van der Waals surface area contributed by atoms with Crippen LogP contribution >= 0.6 is 0 Å². The van der Waals surface area contributed by atoms with Crippen LogP contribution in [-0.4, -0.2) is 0 Å². The standard InChI is InChI=1S/C34H21F3N2/c1-22-3-7-25(8-4-22)31(21-38)17-23-5-9-27-20-30-16-24(6-10-28(30)19-29(27)15-23)18-33(39-2)26-11-13-32(14-12-26)34(35,36)37/h3-20H,1H3/b31-17+,33-18-. The number of rotatable bonds is 4. The second-order valence-electron chi connectivity index (χ2n) is 9.32. The third-order valence-electron chi connectivity index (χ3n) is 6.57. The fourth-order valence-electron chi connectivity index (χ4n) is 4.46. The molecule has 188 valence electrons. The van der Waals surface area contributed by atoms with Crippen molar-refractivity contribution < 1.29 is 13.2 Å². The van der Waals surface area contributed by atoms with Crippen LogP contribution < -0.4 is 0 Å².